The summed E-state index contributed by atoms with van der Waals surface area (Å²) in [6.07, 6.45) is 1.60. The standard InChI is InChI=1S/C18H16ClN3O6S2/c19-15-2-1-13(30(25,26)21-3-6-27-7-4-21)10-14(15)17(24)28-11-12-9-16(23)22-5-8-29-18(22)20-12/h1-2,5,8-10H,3-4,6-7,11H2. The Morgan fingerprint density at radius 1 is 1.27 bits per heavy atom. The van der Waals surface area contributed by atoms with Crippen LogP contribution < -0.4 is 5.56 Å². The molecule has 1 aliphatic rings. The van der Waals surface area contributed by atoms with E-state index in [2.05, 4.69) is 4.98 Å². The molecule has 0 spiro atoms. The number of carbonyl (C=O) groups excluding carboxylic acids is 1. The van der Waals surface area contributed by atoms with Crippen molar-refractivity contribution in [1.29, 1.82) is 0 Å². The van der Waals surface area contributed by atoms with Gasteiger partial charge in [0.2, 0.25) is 10.0 Å². The summed E-state index contributed by atoms with van der Waals surface area (Å²) < 4.78 is 38.7. The Kier molecular flexibility index (Phi) is 5.89. The highest BCUT2D eigenvalue weighted by molar-refractivity contribution is 7.89. The minimum atomic E-state index is -3.79. The molecule has 0 amide bonds. The molecule has 30 heavy (non-hydrogen) atoms. The molecule has 1 saturated heterocycles. The summed E-state index contributed by atoms with van der Waals surface area (Å²) in [4.78, 5) is 29.2. The summed E-state index contributed by atoms with van der Waals surface area (Å²) in [6.45, 7) is 0.833. The molecule has 4 rings (SSSR count). The van der Waals surface area contributed by atoms with Crippen LogP contribution in [0.4, 0.5) is 0 Å². The summed E-state index contributed by atoms with van der Waals surface area (Å²) in [5.74, 6) is -0.813. The fraction of sp³-hybridized carbons (Fsp3) is 0.278. The first-order chi connectivity index (χ1) is 14.4. The van der Waals surface area contributed by atoms with Crippen LogP contribution in [0.2, 0.25) is 5.02 Å². The van der Waals surface area contributed by atoms with Crippen molar-refractivity contribution in [3.63, 3.8) is 0 Å². The van der Waals surface area contributed by atoms with Gasteiger partial charge < -0.3 is 9.47 Å². The maximum Gasteiger partial charge on any atom is 0.340 e. The Balaban J connectivity index is 1.54. The van der Waals surface area contributed by atoms with Gasteiger partial charge in [-0.2, -0.15) is 4.31 Å². The molecule has 12 heteroatoms. The number of thiazole rings is 1. The third-order valence-corrected chi connectivity index (χ3v) is 7.45. The van der Waals surface area contributed by atoms with E-state index in [-0.39, 0.29) is 46.4 Å². The fourth-order valence-corrected chi connectivity index (χ4v) is 5.30. The number of sulfonamides is 1. The van der Waals surface area contributed by atoms with E-state index in [1.165, 1.54) is 44.3 Å². The number of nitrogens with zero attached hydrogens (tertiary/aromatic N) is 3. The van der Waals surface area contributed by atoms with E-state index in [0.717, 1.165) is 0 Å². The lowest BCUT2D eigenvalue weighted by Crippen LogP contribution is -2.40. The molecule has 2 aromatic heterocycles. The van der Waals surface area contributed by atoms with Crippen LogP contribution in [0.1, 0.15) is 16.1 Å². The molecule has 158 valence electrons. The maximum absolute atomic E-state index is 12.8. The average Bonchev–Trinajstić information content (AvgIpc) is 3.22. The number of ether oxygens (including phenoxy) is 2. The maximum atomic E-state index is 12.8. The molecule has 1 aliphatic heterocycles. The molecule has 0 radical (unpaired) electrons. The number of hydrogen-bond donors (Lipinski definition) is 0. The largest absolute Gasteiger partial charge is 0.456 e. The fourth-order valence-electron chi connectivity index (χ4n) is 2.94. The van der Waals surface area contributed by atoms with Gasteiger partial charge in [0, 0.05) is 30.7 Å². The smallest absolute Gasteiger partial charge is 0.340 e. The highest BCUT2D eigenvalue weighted by Crippen LogP contribution is 2.24. The number of aromatic nitrogens is 2. The number of hydrogen-bond acceptors (Lipinski definition) is 8. The first kappa shape index (κ1) is 20.9. The molecule has 0 aliphatic carbocycles. The quantitative estimate of drug-likeness (QED) is 0.524. The topological polar surface area (TPSA) is 107 Å². The monoisotopic (exact) mass is 469 g/mol. The molecule has 1 aromatic carbocycles. The summed E-state index contributed by atoms with van der Waals surface area (Å²) in [5, 5.41) is 1.78. The van der Waals surface area contributed by atoms with Crippen molar-refractivity contribution in [3.05, 3.63) is 62.5 Å². The van der Waals surface area contributed by atoms with E-state index >= 15 is 0 Å². The molecular formula is C18H16ClN3O6S2. The normalized spacial score (nSPS) is 15.4. The molecule has 3 heterocycles. The van der Waals surface area contributed by atoms with Gasteiger partial charge in [-0.05, 0) is 18.2 Å². The zero-order valence-electron chi connectivity index (χ0n) is 15.5. The van der Waals surface area contributed by atoms with Crippen molar-refractivity contribution < 1.29 is 22.7 Å². The Morgan fingerprint density at radius 2 is 2.03 bits per heavy atom. The molecule has 0 saturated carbocycles. The summed E-state index contributed by atoms with van der Waals surface area (Å²) in [7, 11) is -3.79. The lowest BCUT2D eigenvalue weighted by atomic mass is 10.2. The minimum Gasteiger partial charge on any atom is -0.456 e. The van der Waals surface area contributed by atoms with E-state index in [4.69, 9.17) is 21.1 Å². The van der Waals surface area contributed by atoms with Crippen LogP contribution in [0.15, 0.2) is 45.5 Å². The number of esters is 1. The van der Waals surface area contributed by atoms with Gasteiger partial charge >= 0.3 is 5.97 Å². The second kappa shape index (κ2) is 8.44. The molecule has 0 atom stereocenters. The zero-order chi connectivity index (χ0) is 21.3. The van der Waals surface area contributed by atoms with Gasteiger partial charge in [-0.1, -0.05) is 11.6 Å². The van der Waals surface area contributed by atoms with Gasteiger partial charge in [0.25, 0.3) is 5.56 Å². The van der Waals surface area contributed by atoms with Crippen LogP contribution in [-0.2, 0) is 26.1 Å². The minimum absolute atomic E-state index is 0.0580. The average molecular weight is 470 g/mol. The second-order valence-electron chi connectivity index (χ2n) is 6.38. The number of halogens is 1. The number of rotatable bonds is 5. The predicted octanol–water partition coefficient (Wildman–Crippen LogP) is 1.79. The third-order valence-electron chi connectivity index (χ3n) is 4.47. The summed E-state index contributed by atoms with van der Waals surface area (Å²) in [6, 6.07) is 5.15. The highest BCUT2D eigenvalue weighted by Gasteiger charge is 2.28. The zero-order valence-corrected chi connectivity index (χ0v) is 17.9. The van der Waals surface area contributed by atoms with Crippen molar-refractivity contribution in [1.82, 2.24) is 13.7 Å². The predicted molar refractivity (Wildman–Crippen MR) is 109 cm³/mol. The van der Waals surface area contributed by atoms with Crippen molar-refractivity contribution in [2.24, 2.45) is 0 Å². The Bertz CT molecular complexity index is 1260. The van der Waals surface area contributed by atoms with Gasteiger partial charge in [-0.25, -0.2) is 18.2 Å². The van der Waals surface area contributed by atoms with Crippen molar-refractivity contribution in [2.45, 2.75) is 11.5 Å². The van der Waals surface area contributed by atoms with E-state index in [1.807, 2.05) is 0 Å². The van der Waals surface area contributed by atoms with Crippen LogP contribution in [0, 0.1) is 0 Å². The lowest BCUT2D eigenvalue weighted by Gasteiger charge is -2.26. The van der Waals surface area contributed by atoms with Crippen molar-refractivity contribution in [3.8, 4) is 0 Å². The number of benzene rings is 1. The molecule has 3 aromatic rings. The second-order valence-corrected chi connectivity index (χ2v) is 9.59. The van der Waals surface area contributed by atoms with Crippen molar-refractivity contribution >= 4 is 43.9 Å². The van der Waals surface area contributed by atoms with Crippen LogP contribution in [0.3, 0.4) is 0 Å². The van der Waals surface area contributed by atoms with E-state index < -0.39 is 16.0 Å². The molecular weight excluding hydrogens is 454 g/mol. The van der Waals surface area contributed by atoms with Crippen LogP contribution in [-0.4, -0.2) is 54.4 Å². The first-order valence-electron chi connectivity index (χ1n) is 8.86. The lowest BCUT2D eigenvalue weighted by molar-refractivity contribution is 0.0467. The van der Waals surface area contributed by atoms with Gasteiger partial charge in [0.1, 0.15) is 6.61 Å². The van der Waals surface area contributed by atoms with E-state index in [1.54, 1.807) is 11.6 Å². The third kappa shape index (κ3) is 4.12. The molecule has 0 unspecified atom stereocenters. The number of morpholine rings is 1. The van der Waals surface area contributed by atoms with E-state index in [0.29, 0.717) is 18.2 Å². The number of carbonyl (C=O) groups is 1. The number of fused-ring (bicyclic) bond motifs is 1. The highest BCUT2D eigenvalue weighted by atomic mass is 35.5. The molecule has 0 bridgehead atoms. The Morgan fingerprint density at radius 3 is 2.80 bits per heavy atom. The molecule has 0 N–H and O–H groups in total. The van der Waals surface area contributed by atoms with E-state index in [9.17, 15) is 18.0 Å². The first-order valence-corrected chi connectivity index (χ1v) is 11.6. The Labute approximate surface area is 180 Å². The summed E-state index contributed by atoms with van der Waals surface area (Å²) in [5.41, 5.74) is -0.0899. The van der Waals surface area contributed by atoms with Crippen molar-refractivity contribution in [2.75, 3.05) is 26.3 Å². The Hall–Kier alpha value is -2.31. The van der Waals surface area contributed by atoms with Gasteiger partial charge in [-0.3, -0.25) is 9.20 Å². The van der Waals surface area contributed by atoms with Gasteiger partial charge in [0.05, 0.1) is 34.4 Å². The van der Waals surface area contributed by atoms with Crippen LogP contribution in [0.5, 0.6) is 0 Å². The summed E-state index contributed by atoms with van der Waals surface area (Å²) >= 11 is 7.38. The van der Waals surface area contributed by atoms with Gasteiger partial charge in [0.15, 0.2) is 4.96 Å². The molecule has 9 nitrogen and oxygen atoms in total. The van der Waals surface area contributed by atoms with Crippen LogP contribution >= 0.6 is 22.9 Å². The molecule has 1 fully saturated rings. The van der Waals surface area contributed by atoms with Crippen LogP contribution in [0.25, 0.3) is 4.96 Å². The van der Waals surface area contributed by atoms with Gasteiger partial charge in [-0.15, -0.1) is 11.3 Å². The SMILES string of the molecule is O=C(OCc1cc(=O)n2ccsc2n1)c1cc(S(=O)(=O)N2CCOCC2)ccc1Cl.